The highest BCUT2D eigenvalue weighted by Gasteiger charge is 2.28. The highest BCUT2D eigenvalue weighted by atomic mass is 35.5. The summed E-state index contributed by atoms with van der Waals surface area (Å²) in [6.07, 6.45) is 4.42. The van der Waals surface area contributed by atoms with Crippen LogP contribution in [0.4, 0.5) is 0 Å². The van der Waals surface area contributed by atoms with Crippen molar-refractivity contribution in [2.24, 2.45) is 5.92 Å². The molecule has 0 spiro atoms. The fourth-order valence-electron chi connectivity index (χ4n) is 2.50. The molecule has 1 aliphatic carbocycles. The quantitative estimate of drug-likeness (QED) is 0.762. The Hall–Kier alpha value is 0.210. The number of rotatable bonds is 2. The first kappa shape index (κ1) is 12.3. The molecule has 2 atom stereocenters. The molecule has 0 aromatic rings. The van der Waals surface area contributed by atoms with Gasteiger partial charge in [0.15, 0.2) is 0 Å². The zero-order valence-electron chi connectivity index (χ0n) is 9.33. The van der Waals surface area contributed by atoms with Gasteiger partial charge in [-0.15, -0.1) is 12.4 Å². The van der Waals surface area contributed by atoms with Gasteiger partial charge in [0.25, 0.3) is 0 Å². The second-order valence-electron chi connectivity index (χ2n) is 4.85. The van der Waals surface area contributed by atoms with Crippen molar-refractivity contribution in [2.45, 2.75) is 45.2 Å². The topological polar surface area (TPSA) is 15.3 Å². The Morgan fingerprint density at radius 3 is 2.14 bits per heavy atom. The second-order valence-corrected chi connectivity index (χ2v) is 4.85. The second kappa shape index (κ2) is 5.34. The van der Waals surface area contributed by atoms with Crippen molar-refractivity contribution in [3.63, 3.8) is 0 Å². The molecule has 1 aliphatic heterocycles. The molecule has 0 bridgehead atoms. The zero-order chi connectivity index (χ0) is 9.26. The Labute approximate surface area is 93.8 Å². The van der Waals surface area contributed by atoms with Gasteiger partial charge in [0, 0.05) is 31.7 Å². The molecule has 1 saturated carbocycles. The number of hydrogen-bond donors (Lipinski definition) is 1. The van der Waals surface area contributed by atoms with Gasteiger partial charge in [-0.25, -0.2) is 0 Å². The summed E-state index contributed by atoms with van der Waals surface area (Å²) in [4.78, 5) is 2.69. The van der Waals surface area contributed by atoms with Crippen molar-refractivity contribution >= 4 is 12.4 Å². The molecule has 0 radical (unpaired) electrons. The van der Waals surface area contributed by atoms with E-state index in [1.165, 1.54) is 38.9 Å². The van der Waals surface area contributed by atoms with Crippen LogP contribution in [0.5, 0.6) is 0 Å². The Morgan fingerprint density at radius 1 is 1.14 bits per heavy atom. The molecule has 0 aromatic carbocycles. The first-order chi connectivity index (χ1) is 6.27. The van der Waals surface area contributed by atoms with E-state index in [9.17, 15) is 0 Å². The molecule has 14 heavy (non-hydrogen) atoms. The summed E-state index contributed by atoms with van der Waals surface area (Å²) in [5.41, 5.74) is 0. The Balaban J connectivity index is 0.000000980. The molecule has 0 amide bonds. The lowest BCUT2D eigenvalue weighted by atomic mass is 9.84. The average Bonchev–Trinajstić information content (AvgIpc) is 2.00. The fraction of sp³-hybridized carbons (Fsp3) is 1.00. The minimum atomic E-state index is 0. The fourth-order valence-corrected chi connectivity index (χ4v) is 2.50. The summed E-state index contributed by atoms with van der Waals surface area (Å²) in [7, 11) is 0. The Morgan fingerprint density at radius 2 is 1.71 bits per heavy atom. The van der Waals surface area contributed by atoms with E-state index in [0.29, 0.717) is 0 Å². The first-order valence-corrected chi connectivity index (χ1v) is 5.74. The Kier molecular flexibility index (Phi) is 4.68. The molecule has 2 fully saturated rings. The maximum Gasteiger partial charge on any atom is 0.0195 e. The maximum absolute atomic E-state index is 3.48. The molecule has 3 heteroatoms. The third-order valence-corrected chi connectivity index (χ3v) is 3.71. The minimum absolute atomic E-state index is 0. The van der Waals surface area contributed by atoms with Crippen molar-refractivity contribution in [1.82, 2.24) is 10.2 Å². The van der Waals surface area contributed by atoms with E-state index in [-0.39, 0.29) is 12.4 Å². The number of nitrogens with zero attached hydrogens (tertiary/aromatic N) is 1. The molecular weight excluding hydrogens is 196 g/mol. The largest absolute Gasteiger partial charge is 0.314 e. The lowest BCUT2D eigenvalue weighted by Crippen LogP contribution is -2.56. The molecule has 0 unspecified atom stereocenters. The van der Waals surface area contributed by atoms with Gasteiger partial charge in [-0.05, 0) is 32.6 Å². The van der Waals surface area contributed by atoms with Crippen LogP contribution in [0.15, 0.2) is 0 Å². The molecule has 1 heterocycles. The standard InChI is InChI=1S/C11H22N2.ClH/c1-9-6-12-7-10(2)13(9)8-11-4-3-5-11;/h9-12H,3-8H2,1-2H3;1H/t9-,10+;. The van der Waals surface area contributed by atoms with Gasteiger partial charge in [0.1, 0.15) is 0 Å². The summed E-state index contributed by atoms with van der Waals surface area (Å²) in [5.74, 6) is 1.02. The van der Waals surface area contributed by atoms with Crippen LogP contribution < -0.4 is 5.32 Å². The normalized spacial score (nSPS) is 34.7. The lowest BCUT2D eigenvalue weighted by Gasteiger charge is -2.43. The summed E-state index contributed by atoms with van der Waals surface area (Å²) < 4.78 is 0. The van der Waals surface area contributed by atoms with Crippen LogP contribution in [-0.4, -0.2) is 36.6 Å². The van der Waals surface area contributed by atoms with Crippen molar-refractivity contribution in [1.29, 1.82) is 0 Å². The van der Waals surface area contributed by atoms with Crippen LogP contribution in [0, 0.1) is 5.92 Å². The summed E-state index contributed by atoms with van der Waals surface area (Å²) >= 11 is 0. The van der Waals surface area contributed by atoms with Gasteiger partial charge in [-0.1, -0.05) is 6.42 Å². The molecule has 2 rings (SSSR count). The minimum Gasteiger partial charge on any atom is -0.314 e. The molecule has 0 aromatic heterocycles. The van der Waals surface area contributed by atoms with Gasteiger partial charge < -0.3 is 5.32 Å². The van der Waals surface area contributed by atoms with Crippen LogP contribution in [0.1, 0.15) is 33.1 Å². The predicted octanol–water partition coefficient (Wildman–Crippen LogP) is 1.89. The number of hydrogen-bond acceptors (Lipinski definition) is 2. The molecule has 1 saturated heterocycles. The first-order valence-electron chi connectivity index (χ1n) is 5.74. The molecule has 2 aliphatic rings. The van der Waals surface area contributed by atoms with Crippen LogP contribution in [0.2, 0.25) is 0 Å². The van der Waals surface area contributed by atoms with E-state index in [0.717, 1.165) is 18.0 Å². The lowest BCUT2D eigenvalue weighted by molar-refractivity contribution is 0.0763. The van der Waals surface area contributed by atoms with Crippen LogP contribution in [0.25, 0.3) is 0 Å². The average molecular weight is 219 g/mol. The summed E-state index contributed by atoms with van der Waals surface area (Å²) in [6, 6.07) is 1.48. The van der Waals surface area contributed by atoms with Crippen molar-refractivity contribution in [3.05, 3.63) is 0 Å². The number of piperazine rings is 1. The predicted molar refractivity (Wildman–Crippen MR) is 63.1 cm³/mol. The van der Waals surface area contributed by atoms with Gasteiger partial charge in [-0.3, -0.25) is 4.90 Å². The van der Waals surface area contributed by atoms with Crippen LogP contribution in [-0.2, 0) is 0 Å². The maximum atomic E-state index is 3.48. The Bertz CT molecular complexity index is 161. The third kappa shape index (κ3) is 2.62. The van der Waals surface area contributed by atoms with Gasteiger partial charge in [-0.2, -0.15) is 0 Å². The monoisotopic (exact) mass is 218 g/mol. The van der Waals surface area contributed by atoms with Crippen molar-refractivity contribution in [3.8, 4) is 0 Å². The smallest absolute Gasteiger partial charge is 0.0195 e. The number of nitrogens with one attached hydrogen (secondary N) is 1. The van der Waals surface area contributed by atoms with Crippen LogP contribution in [0.3, 0.4) is 0 Å². The number of halogens is 1. The van der Waals surface area contributed by atoms with Crippen molar-refractivity contribution < 1.29 is 0 Å². The van der Waals surface area contributed by atoms with Gasteiger partial charge >= 0.3 is 0 Å². The van der Waals surface area contributed by atoms with Crippen LogP contribution >= 0.6 is 12.4 Å². The molecule has 84 valence electrons. The van der Waals surface area contributed by atoms with E-state index < -0.39 is 0 Å². The van der Waals surface area contributed by atoms with Gasteiger partial charge in [0.2, 0.25) is 0 Å². The zero-order valence-corrected chi connectivity index (χ0v) is 10.1. The van der Waals surface area contributed by atoms with Gasteiger partial charge in [0.05, 0.1) is 0 Å². The summed E-state index contributed by atoms with van der Waals surface area (Å²) in [6.45, 7) is 8.40. The van der Waals surface area contributed by atoms with Crippen molar-refractivity contribution in [2.75, 3.05) is 19.6 Å². The van der Waals surface area contributed by atoms with E-state index in [1.807, 2.05) is 0 Å². The molecular formula is C11H23ClN2. The third-order valence-electron chi connectivity index (χ3n) is 3.71. The van der Waals surface area contributed by atoms with E-state index >= 15 is 0 Å². The highest BCUT2D eigenvalue weighted by Crippen LogP contribution is 2.28. The summed E-state index contributed by atoms with van der Waals surface area (Å²) in [5, 5.41) is 3.48. The van der Waals surface area contributed by atoms with E-state index in [2.05, 4.69) is 24.1 Å². The SMILES string of the molecule is C[C@@H]1CNC[C@H](C)N1CC1CCC1.Cl. The molecule has 2 nitrogen and oxygen atoms in total. The highest BCUT2D eigenvalue weighted by molar-refractivity contribution is 5.85. The van der Waals surface area contributed by atoms with E-state index in [4.69, 9.17) is 0 Å². The molecule has 1 N–H and O–H groups in total. The van der Waals surface area contributed by atoms with E-state index in [1.54, 1.807) is 0 Å².